The molecule has 2 aromatic heterocycles. The average Bonchev–Trinajstić information content (AvgIpc) is 3.25. The minimum Gasteiger partial charge on any atom is -0.461 e. The number of ether oxygens (including phenoxy) is 1. The van der Waals surface area contributed by atoms with E-state index < -0.39 is 0 Å². The number of rotatable bonds is 6. The zero-order chi connectivity index (χ0) is 19.8. The van der Waals surface area contributed by atoms with Gasteiger partial charge in [0.25, 0.3) is 0 Å². The molecule has 2 aliphatic rings. The molecule has 8 nitrogen and oxygen atoms in total. The van der Waals surface area contributed by atoms with Gasteiger partial charge in [0, 0.05) is 12.0 Å². The van der Waals surface area contributed by atoms with Crippen LogP contribution < -0.4 is 11.1 Å². The molecule has 3 aromatic rings. The van der Waals surface area contributed by atoms with Crippen LogP contribution in [0.15, 0.2) is 48.8 Å². The number of allylic oxidation sites excluding steroid dienone is 1. The number of imidazole rings is 1. The van der Waals surface area contributed by atoms with Crippen LogP contribution in [0.1, 0.15) is 35.7 Å². The summed E-state index contributed by atoms with van der Waals surface area (Å²) in [5, 5.41) is 3.38. The van der Waals surface area contributed by atoms with E-state index in [0.717, 1.165) is 30.4 Å². The molecule has 1 fully saturated rings. The summed E-state index contributed by atoms with van der Waals surface area (Å²) in [5.74, 6) is 0.780. The van der Waals surface area contributed by atoms with Gasteiger partial charge in [0.1, 0.15) is 0 Å². The van der Waals surface area contributed by atoms with Crippen LogP contribution >= 0.6 is 0 Å². The number of nitrogen functional groups attached to an aromatic ring is 1. The molecule has 0 spiro atoms. The molecule has 0 saturated heterocycles. The molecular formula is C21H22N6O2. The first-order valence-corrected chi connectivity index (χ1v) is 9.84. The maximum atomic E-state index is 12.2. The van der Waals surface area contributed by atoms with Gasteiger partial charge in [0.2, 0.25) is 5.95 Å². The van der Waals surface area contributed by atoms with Crippen LogP contribution in [0.3, 0.4) is 0 Å². The molecular weight excluding hydrogens is 368 g/mol. The Hall–Kier alpha value is -3.42. The van der Waals surface area contributed by atoms with Gasteiger partial charge in [-0.1, -0.05) is 30.4 Å². The molecule has 148 valence electrons. The van der Waals surface area contributed by atoms with Crippen molar-refractivity contribution in [3.05, 3.63) is 54.4 Å². The van der Waals surface area contributed by atoms with Crippen molar-refractivity contribution in [2.24, 2.45) is 5.92 Å². The number of carbonyl (C=O) groups is 1. The van der Waals surface area contributed by atoms with Crippen molar-refractivity contribution in [3.8, 4) is 0 Å². The number of nitrogens with zero attached hydrogens (tertiary/aromatic N) is 4. The summed E-state index contributed by atoms with van der Waals surface area (Å²) < 4.78 is 7.50. The smallest absolute Gasteiger partial charge is 0.338 e. The second kappa shape index (κ2) is 7.20. The molecule has 1 saturated carbocycles. The normalized spacial score (nSPS) is 20.8. The SMILES string of the molecule is Nc1nc(NC2CC2)c2ncn([C@@H]3C=C[C@H](COC(=O)c4ccccc4)C3)c2n1. The summed E-state index contributed by atoms with van der Waals surface area (Å²) in [6.45, 7) is 0.346. The molecule has 29 heavy (non-hydrogen) atoms. The number of anilines is 2. The Morgan fingerprint density at radius 1 is 1.21 bits per heavy atom. The number of hydrogen-bond acceptors (Lipinski definition) is 7. The standard InChI is InChI=1S/C21H22N6O2/c22-21-25-18(24-15-7-8-15)17-19(26-21)27(12-23-17)16-9-6-13(10-16)11-29-20(28)14-4-2-1-3-5-14/h1-6,9,12-13,15-16H,7-8,10-11H2,(H3,22,24,25,26)/t13-,16+/m0/s1. The molecule has 0 radical (unpaired) electrons. The fourth-order valence-electron chi connectivity index (χ4n) is 3.62. The number of benzene rings is 1. The van der Waals surface area contributed by atoms with Crippen LogP contribution in [0.4, 0.5) is 11.8 Å². The highest BCUT2D eigenvalue weighted by atomic mass is 16.5. The lowest BCUT2D eigenvalue weighted by Gasteiger charge is -2.14. The number of carbonyl (C=O) groups excluding carboxylic acids is 1. The highest BCUT2D eigenvalue weighted by Crippen LogP contribution is 2.33. The number of nitrogens with one attached hydrogen (secondary N) is 1. The van der Waals surface area contributed by atoms with Gasteiger partial charge in [-0.15, -0.1) is 0 Å². The van der Waals surface area contributed by atoms with Crippen molar-refractivity contribution >= 4 is 28.9 Å². The van der Waals surface area contributed by atoms with Crippen molar-refractivity contribution in [3.63, 3.8) is 0 Å². The van der Waals surface area contributed by atoms with Gasteiger partial charge < -0.3 is 20.4 Å². The average molecular weight is 390 g/mol. The topological polar surface area (TPSA) is 108 Å². The third-order valence-corrected chi connectivity index (χ3v) is 5.30. The Balaban J connectivity index is 1.28. The maximum Gasteiger partial charge on any atom is 0.338 e. The molecule has 0 aliphatic heterocycles. The summed E-state index contributed by atoms with van der Waals surface area (Å²) in [7, 11) is 0. The van der Waals surface area contributed by atoms with Crippen molar-refractivity contribution in [2.45, 2.75) is 31.3 Å². The number of hydrogen-bond donors (Lipinski definition) is 2. The highest BCUT2D eigenvalue weighted by molar-refractivity contribution is 5.89. The fourth-order valence-corrected chi connectivity index (χ4v) is 3.62. The van der Waals surface area contributed by atoms with Gasteiger partial charge >= 0.3 is 5.97 Å². The van der Waals surface area contributed by atoms with E-state index in [4.69, 9.17) is 10.5 Å². The first kappa shape index (κ1) is 17.7. The Morgan fingerprint density at radius 2 is 2.03 bits per heavy atom. The van der Waals surface area contributed by atoms with Crippen LogP contribution in [0.5, 0.6) is 0 Å². The number of nitrogens with two attached hydrogens (primary N) is 1. The maximum absolute atomic E-state index is 12.2. The summed E-state index contributed by atoms with van der Waals surface area (Å²) >= 11 is 0. The molecule has 0 unspecified atom stereocenters. The summed E-state index contributed by atoms with van der Waals surface area (Å²) in [6.07, 6.45) is 9.06. The van der Waals surface area contributed by atoms with Gasteiger partial charge in [0.15, 0.2) is 17.0 Å². The largest absolute Gasteiger partial charge is 0.461 e. The van der Waals surface area contributed by atoms with Crippen LogP contribution in [0.2, 0.25) is 0 Å². The molecule has 5 rings (SSSR count). The van der Waals surface area contributed by atoms with Gasteiger partial charge in [0.05, 0.1) is 24.5 Å². The zero-order valence-corrected chi connectivity index (χ0v) is 15.9. The second-order valence-electron chi connectivity index (χ2n) is 7.59. The first-order chi connectivity index (χ1) is 14.2. The van der Waals surface area contributed by atoms with E-state index in [1.54, 1.807) is 18.5 Å². The summed E-state index contributed by atoms with van der Waals surface area (Å²) in [5.41, 5.74) is 7.95. The highest BCUT2D eigenvalue weighted by Gasteiger charge is 2.27. The van der Waals surface area contributed by atoms with E-state index in [9.17, 15) is 4.79 Å². The van der Waals surface area contributed by atoms with Crippen molar-refractivity contribution in [2.75, 3.05) is 17.7 Å². The second-order valence-corrected chi connectivity index (χ2v) is 7.59. The molecule has 8 heteroatoms. The predicted molar refractivity (Wildman–Crippen MR) is 109 cm³/mol. The lowest BCUT2D eigenvalue weighted by Crippen LogP contribution is -2.14. The quantitative estimate of drug-likeness (QED) is 0.492. The third kappa shape index (κ3) is 3.65. The van der Waals surface area contributed by atoms with E-state index in [2.05, 4.69) is 32.4 Å². The predicted octanol–water partition coefficient (Wildman–Crippen LogP) is 2.96. The van der Waals surface area contributed by atoms with E-state index in [1.807, 2.05) is 22.8 Å². The Bertz CT molecular complexity index is 1070. The minimum atomic E-state index is -0.299. The molecule has 2 atom stereocenters. The molecule has 2 aliphatic carbocycles. The lowest BCUT2D eigenvalue weighted by molar-refractivity contribution is 0.0461. The molecule has 0 amide bonds. The van der Waals surface area contributed by atoms with E-state index in [-0.39, 0.29) is 23.9 Å². The number of fused-ring (bicyclic) bond motifs is 1. The van der Waals surface area contributed by atoms with Gasteiger partial charge in [-0.2, -0.15) is 9.97 Å². The van der Waals surface area contributed by atoms with Gasteiger partial charge in [-0.3, -0.25) is 0 Å². The van der Waals surface area contributed by atoms with E-state index in [1.165, 1.54) is 0 Å². The molecule has 3 N–H and O–H groups in total. The van der Waals surface area contributed by atoms with Crippen LogP contribution in [0, 0.1) is 5.92 Å². The number of aromatic nitrogens is 4. The third-order valence-electron chi connectivity index (χ3n) is 5.30. The van der Waals surface area contributed by atoms with Gasteiger partial charge in [-0.25, -0.2) is 9.78 Å². The summed E-state index contributed by atoms with van der Waals surface area (Å²) in [6, 6.07) is 9.57. The van der Waals surface area contributed by atoms with Gasteiger partial charge in [-0.05, 0) is 31.4 Å². The lowest BCUT2D eigenvalue weighted by atomic mass is 10.1. The Labute approximate surface area is 167 Å². The monoisotopic (exact) mass is 390 g/mol. The van der Waals surface area contributed by atoms with Crippen molar-refractivity contribution < 1.29 is 9.53 Å². The molecule has 2 heterocycles. The fraction of sp³-hybridized carbons (Fsp3) is 0.333. The Morgan fingerprint density at radius 3 is 2.83 bits per heavy atom. The molecule has 1 aromatic carbocycles. The zero-order valence-electron chi connectivity index (χ0n) is 15.9. The molecule has 0 bridgehead atoms. The van der Waals surface area contributed by atoms with Crippen molar-refractivity contribution in [1.82, 2.24) is 19.5 Å². The van der Waals surface area contributed by atoms with Crippen LogP contribution in [-0.2, 0) is 4.74 Å². The summed E-state index contributed by atoms with van der Waals surface area (Å²) in [4.78, 5) is 25.4. The Kier molecular flexibility index (Phi) is 4.38. The number of esters is 1. The van der Waals surface area contributed by atoms with E-state index in [0.29, 0.717) is 24.0 Å². The van der Waals surface area contributed by atoms with Crippen molar-refractivity contribution in [1.29, 1.82) is 0 Å². The first-order valence-electron chi connectivity index (χ1n) is 9.84. The van der Waals surface area contributed by atoms with E-state index >= 15 is 0 Å². The van der Waals surface area contributed by atoms with Crippen LogP contribution in [0.25, 0.3) is 11.2 Å². The minimum absolute atomic E-state index is 0.0866. The van der Waals surface area contributed by atoms with Crippen LogP contribution in [-0.4, -0.2) is 38.1 Å².